The molecule has 3 aromatic carbocycles. The molecule has 0 spiro atoms. The maximum Gasteiger partial charge on any atom is 0.307 e. The Kier molecular flexibility index (Phi) is 6.68. The van der Waals surface area contributed by atoms with Crippen LogP contribution in [0.3, 0.4) is 0 Å². The average Bonchev–Trinajstić information content (AvgIpc) is 3.29. The summed E-state index contributed by atoms with van der Waals surface area (Å²) in [5, 5.41) is 12.1. The Morgan fingerprint density at radius 1 is 0.970 bits per heavy atom. The van der Waals surface area contributed by atoms with Crippen LogP contribution in [0.1, 0.15) is 24.8 Å². The van der Waals surface area contributed by atoms with E-state index < -0.39 is 29.4 Å². The summed E-state index contributed by atoms with van der Waals surface area (Å²) in [6, 6.07) is 17.4. The van der Waals surface area contributed by atoms with Crippen LogP contribution >= 0.6 is 0 Å². The summed E-state index contributed by atoms with van der Waals surface area (Å²) in [4.78, 5) is 23.9. The lowest BCUT2D eigenvalue weighted by molar-refractivity contribution is -0.145. The number of carbonyl (C=O) groups is 2. The maximum absolute atomic E-state index is 14.0. The van der Waals surface area contributed by atoms with Crippen molar-refractivity contribution in [2.75, 3.05) is 5.32 Å². The molecule has 0 saturated heterocycles. The minimum atomic E-state index is -0.928. The first kappa shape index (κ1) is 22.5. The van der Waals surface area contributed by atoms with Gasteiger partial charge in [0, 0.05) is 17.3 Å². The molecule has 5 nitrogen and oxygen atoms in total. The highest BCUT2D eigenvalue weighted by Crippen LogP contribution is 2.33. The van der Waals surface area contributed by atoms with Gasteiger partial charge in [0.2, 0.25) is 5.91 Å². The average molecular weight is 451 g/mol. The van der Waals surface area contributed by atoms with Gasteiger partial charge in [-0.25, -0.2) is 8.78 Å². The van der Waals surface area contributed by atoms with Gasteiger partial charge in [0.1, 0.15) is 24.0 Å². The van der Waals surface area contributed by atoms with E-state index in [1.54, 1.807) is 42.5 Å². The van der Waals surface area contributed by atoms with Gasteiger partial charge in [0.25, 0.3) is 0 Å². The number of carboxylic acid groups (broad SMARTS) is 1. The second-order valence-corrected chi connectivity index (χ2v) is 8.11. The van der Waals surface area contributed by atoms with Crippen LogP contribution in [-0.4, -0.2) is 17.0 Å². The van der Waals surface area contributed by atoms with Crippen LogP contribution in [0, 0.1) is 23.5 Å². The van der Waals surface area contributed by atoms with E-state index in [9.17, 15) is 23.5 Å². The molecule has 2 atom stereocenters. The third kappa shape index (κ3) is 5.37. The number of anilines is 1. The van der Waals surface area contributed by atoms with E-state index >= 15 is 0 Å². The Bertz CT molecular complexity index is 1160. The minimum Gasteiger partial charge on any atom is -0.489 e. The molecule has 4 rings (SSSR count). The van der Waals surface area contributed by atoms with Gasteiger partial charge >= 0.3 is 5.97 Å². The predicted octanol–water partition coefficient (Wildman–Crippen LogP) is 5.65. The van der Waals surface area contributed by atoms with Gasteiger partial charge in [0.15, 0.2) is 0 Å². The van der Waals surface area contributed by atoms with E-state index in [0.717, 1.165) is 18.1 Å². The molecule has 0 aromatic heterocycles. The summed E-state index contributed by atoms with van der Waals surface area (Å²) < 4.78 is 32.9. The number of ether oxygens (including phenoxy) is 1. The van der Waals surface area contributed by atoms with Gasteiger partial charge in [-0.05, 0) is 60.4 Å². The standard InChI is InChI=1S/C26H23F2NO4/c27-18-9-12-21(24(28)14-18)17-7-10-20(11-8-17)33-15-16-3-1-4-19(13-16)29-25(30)22-5-2-6-23(22)26(31)32/h1,3-4,7-14,22-23H,2,5-6,15H2,(H,29,30)(H,31,32)/t22?,23-/m0/s1. The van der Waals surface area contributed by atoms with Crippen LogP contribution in [-0.2, 0) is 16.2 Å². The fourth-order valence-electron chi connectivity index (χ4n) is 4.16. The SMILES string of the molecule is O=C(Nc1cccc(COc2ccc(-c3ccc(F)cc3F)cc2)c1)C1CCC[C@@H]1C(=O)O. The smallest absolute Gasteiger partial charge is 0.307 e. The first-order valence-electron chi connectivity index (χ1n) is 10.7. The van der Waals surface area contributed by atoms with E-state index in [-0.39, 0.29) is 12.5 Å². The minimum absolute atomic E-state index is 0.245. The highest BCUT2D eigenvalue weighted by atomic mass is 19.1. The highest BCUT2D eigenvalue weighted by molar-refractivity contribution is 5.95. The second-order valence-electron chi connectivity index (χ2n) is 8.11. The lowest BCUT2D eigenvalue weighted by Crippen LogP contribution is -2.30. The van der Waals surface area contributed by atoms with Crippen LogP contribution in [0.15, 0.2) is 66.7 Å². The summed E-state index contributed by atoms with van der Waals surface area (Å²) in [7, 11) is 0. The zero-order valence-corrected chi connectivity index (χ0v) is 17.8. The van der Waals surface area contributed by atoms with Crippen molar-refractivity contribution in [1.29, 1.82) is 0 Å². The summed E-state index contributed by atoms with van der Waals surface area (Å²) >= 11 is 0. The number of amides is 1. The Morgan fingerprint density at radius 2 is 1.73 bits per heavy atom. The molecular weight excluding hydrogens is 428 g/mol. The van der Waals surface area contributed by atoms with Crippen molar-refractivity contribution in [2.45, 2.75) is 25.9 Å². The molecule has 0 aliphatic heterocycles. The number of hydrogen-bond acceptors (Lipinski definition) is 3. The molecule has 1 unspecified atom stereocenters. The first-order valence-corrected chi connectivity index (χ1v) is 10.7. The Morgan fingerprint density at radius 3 is 2.45 bits per heavy atom. The van der Waals surface area contributed by atoms with Gasteiger partial charge < -0.3 is 15.2 Å². The molecule has 2 N–H and O–H groups in total. The van der Waals surface area contributed by atoms with Crippen LogP contribution in [0.4, 0.5) is 14.5 Å². The molecule has 1 aliphatic carbocycles. The normalized spacial score (nSPS) is 17.5. The van der Waals surface area contributed by atoms with E-state index in [1.165, 1.54) is 12.1 Å². The number of halogens is 2. The molecule has 7 heteroatoms. The number of carbonyl (C=O) groups excluding carboxylic acids is 1. The van der Waals surface area contributed by atoms with E-state index in [4.69, 9.17) is 4.74 Å². The lowest BCUT2D eigenvalue weighted by atomic mass is 9.95. The van der Waals surface area contributed by atoms with Crippen molar-refractivity contribution in [3.05, 3.63) is 83.9 Å². The Hall–Kier alpha value is -3.74. The molecule has 1 fully saturated rings. The fourth-order valence-corrected chi connectivity index (χ4v) is 4.16. The summed E-state index contributed by atoms with van der Waals surface area (Å²) in [5.74, 6) is -3.04. The van der Waals surface area contributed by atoms with Crippen LogP contribution < -0.4 is 10.1 Å². The van der Waals surface area contributed by atoms with Crippen LogP contribution in [0.2, 0.25) is 0 Å². The third-order valence-corrected chi connectivity index (χ3v) is 5.87. The second kappa shape index (κ2) is 9.81. The molecule has 170 valence electrons. The van der Waals surface area contributed by atoms with Gasteiger partial charge in [-0.1, -0.05) is 30.7 Å². The number of aliphatic carboxylic acids is 1. The molecule has 0 radical (unpaired) electrons. The fraction of sp³-hybridized carbons (Fsp3) is 0.231. The van der Waals surface area contributed by atoms with Gasteiger partial charge in [-0.2, -0.15) is 0 Å². The van der Waals surface area contributed by atoms with Crippen molar-refractivity contribution < 1.29 is 28.2 Å². The number of nitrogens with one attached hydrogen (secondary N) is 1. The third-order valence-electron chi connectivity index (χ3n) is 5.87. The number of hydrogen-bond donors (Lipinski definition) is 2. The monoisotopic (exact) mass is 451 g/mol. The highest BCUT2D eigenvalue weighted by Gasteiger charge is 2.37. The zero-order valence-electron chi connectivity index (χ0n) is 17.8. The molecule has 33 heavy (non-hydrogen) atoms. The van der Waals surface area contributed by atoms with E-state index in [2.05, 4.69) is 5.32 Å². The molecule has 0 bridgehead atoms. The summed E-state index contributed by atoms with van der Waals surface area (Å²) in [6.07, 6.45) is 1.83. The topological polar surface area (TPSA) is 75.6 Å². The van der Waals surface area contributed by atoms with Crippen molar-refractivity contribution in [2.24, 2.45) is 11.8 Å². The number of rotatable bonds is 7. The van der Waals surface area contributed by atoms with Gasteiger partial charge in [0.05, 0.1) is 11.8 Å². The largest absolute Gasteiger partial charge is 0.489 e. The Labute approximate surface area is 190 Å². The predicted molar refractivity (Wildman–Crippen MR) is 120 cm³/mol. The van der Waals surface area contributed by atoms with Crippen molar-refractivity contribution >= 4 is 17.6 Å². The first-order chi connectivity index (χ1) is 15.9. The Balaban J connectivity index is 1.37. The van der Waals surface area contributed by atoms with E-state index in [0.29, 0.717) is 35.4 Å². The molecule has 1 saturated carbocycles. The van der Waals surface area contributed by atoms with Crippen LogP contribution in [0.5, 0.6) is 5.75 Å². The zero-order chi connectivity index (χ0) is 23.4. The van der Waals surface area contributed by atoms with Crippen molar-refractivity contribution in [1.82, 2.24) is 0 Å². The van der Waals surface area contributed by atoms with Crippen LogP contribution in [0.25, 0.3) is 11.1 Å². The van der Waals surface area contributed by atoms with Crippen molar-refractivity contribution in [3.8, 4) is 16.9 Å². The lowest BCUT2D eigenvalue weighted by Gasteiger charge is -2.16. The quantitative estimate of drug-likeness (QED) is 0.487. The summed E-state index contributed by atoms with van der Waals surface area (Å²) in [6.45, 7) is 0.245. The molecular formula is C26H23F2NO4. The number of benzene rings is 3. The van der Waals surface area contributed by atoms with Gasteiger partial charge in [-0.3, -0.25) is 9.59 Å². The molecule has 1 aliphatic rings. The molecule has 3 aromatic rings. The number of carboxylic acids is 1. The molecule has 0 heterocycles. The molecule has 1 amide bonds. The summed E-state index contributed by atoms with van der Waals surface area (Å²) in [5.41, 5.74) is 2.32. The van der Waals surface area contributed by atoms with Gasteiger partial charge in [-0.15, -0.1) is 0 Å². The van der Waals surface area contributed by atoms with E-state index in [1.807, 2.05) is 6.07 Å². The van der Waals surface area contributed by atoms with Crippen molar-refractivity contribution in [3.63, 3.8) is 0 Å². The maximum atomic E-state index is 14.0.